The minimum Gasteiger partial charge on any atom is -0.353 e. The summed E-state index contributed by atoms with van der Waals surface area (Å²) in [5.41, 5.74) is 7.01. The number of halogens is 1. The number of rotatable bonds is 8. The summed E-state index contributed by atoms with van der Waals surface area (Å²) in [6, 6.07) is 10.5. The van der Waals surface area contributed by atoms with E-state index >= 15 is 0 Å². The number of nitrogens with zero attached hydrogens (tertiary/aromatic N) is 1. The highest BCUT2D eigenvalue weighted by molar-refractivity contribution is 5.85. The fourth-order valence-electron chi connectivity index (χ4n) is 4.65. The summed E-state index contributed by atoms with van der Waals surface area (Å²) in [6.07, 6.45) is 8.83. The smallest absolute Gasteiger partial charge is 0.225 e. The topological polar surface area (TPSA) is 75.4 Å². The van der Waals surface area contributed by atoms with E-state index in [-0.39, 0.29) is 42.1 Å². The van der Waals surface area contributed by atoms with Crippen molar-refractivity contribution in [3.8, 4) is 0 Å². The molecular weight excluding hydrogens is 386 g/mol. The van der Waals surface area contributed by atoms with Gasteiger partial charge in [0.15, 0.2) is 0 Å². The van der Waals surface area contributed by atoms with Crippen LogP contribution in [-0.2, 0) is 16.0 Å². The van der Waals surface area contributed by atoms with Gasteiger partial charge in [-0.05, 0) is 50.5 Å². The minimum absolute atomic E-state index is 0. The summed E-state index contributed by atoms with van der Waals surface area (Å²) in [6.45, 7) is 1.83. The molecule has 0 atom stereocenters. The van der Waals surface area contributed by atoms with E-state index < -0.39 is 0 Å². The van der Waals surface area contributed by atoms with Crippen LogP contribution in [0.5, 0.6) is 0 Å². The summed E-state index contributed by atoms with van der Waals surface area (Å²) in [7, 11) is 0. The quantitative estimate of drug-likeness (QED) is 0.676. The Balaban J connectivity index is 0.00000300. The molecule has 2 saturated carbocycles. The van der Waals surface area contributed by atoms with Crippen LogP contribution in [0.2, 0.25) is 0 Å². The van der Waals surface area contributed by atoms with Crippen LogP contribution < -0.4 is 11.1 Å². The number of carbonyl (C=O) groups excluding carboxylic acids is 2. The molecule has 0 saturated heterocycles. The molecule has 0 radical (unpaired) electrons. The number of nitrogens with two attached hydrogens (primary N) is 1. The molecule has 29 heavy (non-hydrogen) atoms. The molecule has 1 aromatic rings. The van der Waals surface area contributed by atoms with Crippen LogP contribution >= 0.6 is 12.4 Å². The Morgan fingerprint density at radius 2 is 1.59 bits per heavy atom. The molecule has 0 unspecified atom stereocenters. The zero-order chi connectivity index (χ0) is 19.8. The number of nitrogens with one attached hydrogen (secondary N) is 1. The lowest BCUT2D eigenvalue weighted by Gasteiger charge is -2.33. The Bertz CT molecular complexity index is 626. The first-order chi connectivity index (χ1) is 13.7. The maximum Gasteiger partial charge on any atom is 0.225 e. The van der Waals surface area contributed by atoms with Crippen molar-refractivity contribution in [3.63, 3.8) is 0 Å². The van der Waals surface area contributed by atoms with E-state index in [2.05, 4.69) is 17.4 Å². The molecule has 3 rings (SSSR count). The molecule has 2 aliphatic carbocycles. The van der Waals surface area contributed by atoms with E-state index in [1.165, 1.54) is 18.4 Å². The van der Waals surface area contributed by atoms with Gasteiger partial charge in [-0.1, -0.05) is 43.2 Å². The van der Waals surface area contributed by atoms with Crippen molar-refractivity contribution in [1.29, 1.82) is 0 Å². The number of carbonyl (C=O) groups is 2. The average molecular weight is 422 g/mol. The lowest BCUT2D eigenvalue weighted by molar-refractivity contribution is -0.136. The lowest BCUT2D eigenvalue weighted by atomic mass is 9.84. The zero-order valence-electron chi connectivity index (χ0n) is 17.4. The predicted molar refractivity (Wildman–Crippen MR) is 119 cm³/mol. The largest absolute Gasteiger partial charge is 0.353 e. The Morgan fingerprint density at radius 1 is 0.931 bits per heavy atom. The molecule has 1 aromatic carbocycles. The van der Waals surface area contributed by atoms with Gasteiger partial charge in [-0.2, -0.15) is 0 Å². The Labute approximate surface area is 181 Å². The fourth-order valence-corrected chi connectivity index (χ4v) is 4.65. The van der Waals surface area contributed by atoms with Gasteiger partial charge in [-0.3, -0.25) is 9.59 Å². The Kier molecular flexibility index (Phi) is 9.95. The van der Waals surface area contributed by atoms with Gasteiger partial charge in [-0.25, -0.2) is 0 Å². The van der Waals surface area contributed by atoms with Crippen LogP contribution in [-0.4, -0.2) is 42.4 Å². The minimum atomic E-state index is 0. The van der Waals surface area contributed by atoms with Gasteiger partial charge in [0.1, 0.15) is 0 Å². The van der Waals surface area contributed by atoms with E-state index in [1.807, 2.05) is 23.1 Å². The molecular formula is C23H36ClN3O2. The standard InChI is InChI=1S/C23H35N3O2.ClH/c24-15-17-26(16-14-18-6-2-1-3-7-18)23(28)20-10-12-21(13-11-20)25-22(27)19-8-4-5-9-19;/h1-3,6-7,19-21H,4-5,8-17,24H2,(H,25,27);1H. The SMILES string of the molecule is Cl.NCCN(CCc1ccccc1)C(=O)C1CCC(NC(=O)C2CCCC2)CC1. The fraction of sp³-hybridized carbons (Fsp3) is 0.652. The number of hydrogen-bond donors (Lipinski definition) is 2. The first kappa shape index (κ1) is 23.7. The van der Waals surface area contributed by atoms with E-state index in [0.29, 0.717) is 13.1 Å². The third kappa shape index (κ3) is 7.00. The molecule has 5 nitrogen and oxygen atoms in total. The van der Waals surface area contributed by atoms with Crippen molar-refractivity contribution in [2.45, 2.75) is 63.8 Å². The maximum atomic E-state index is 13.0. The molecule has 0 aromatic heterocycles. The third-order valence-corrected chi connectivity index (χ3v) is 6.37. The monoisotopic (exact) mass is 421 g/mol. The van der Waals surface area contributed by atoms with Crippen molar-refractivity contribution in [2.75, 3.05) is 19.6 Å². The van der Waals surface area contributed by atoms with Gasteiger partial charge < -0.3 is 16.0 Å². The molecule has 6 heteroatoms. The van der Waals surface area contributed by atoms with Crippen molar-refractivity contribution >= 4 is 24.2 Å². The van der Waals surface area contributed by atoms with E-state index in [4.69, 9.17) is 5.73 Å². The van der Waals surface area contributed by atoms with Crippen molar-refractivity contribution in [1.82, 2.24) is 10.2 Å². The summed E-state index contributed by atoms with van der Waals surface area (Å²) in [4.78, 5) is 27.3. The first-order valence-electron chi connectivity index (χ1n) is 11.0. The highest BCUT2D eigenvalue weighted by Gasteiger charge is 2.31. The second-order valence-electron chi connectivity index (χ2n) is 8.39. The Morgan fingerprint density at radius 3 is 2.21 bits per heavy atom. The summed E-state index contributed by atoms with van der Waals surface area (Å²) < 4.78 is 0. The molecule has 0 aliphatic heterocycles. The van der Waals surface area contributed by atoms with E-state index in [9.17, 15) is 9.59 Å². The van der Waals surface area contributed by atoms with E-state index in [0.717, 1.165) is 51.5 Å². The number of amides is 2. The molecule has 0 bridgehead atoms. The second-order valence-corrected chi connectivity index (χ2v) is 8.39. The van der Waals surface area contributed by atoms with Crippen molar-refractivity contribution < 1.29 is 9.59 Å². The van der Waals surface area contributed by atoms with Crippen molar-refractivity contribution in [2.24, 2.45) is 17.6 Å². The van der Waals surface area contributed by atoms with Crippen LogP contribution in [0.25, 0.3) is 0 Å². The van der Waals surface area contributed by atoms with Crippen LogP contribution in [0, 0.1) is 11.8 Å². The van der Waals surface area contributed by atoms with Crippen LogP contribution in [0.15, 0.2) is 30.3 Å². The summed E-state index contributed by atoms with van der Waals surface area (Å²) in [5.74, 6) is 0.765. The van der Waals surface area contributed by atoms with Crippen molar-refractivity contribution in [3.05, 3.63) is 35.9 Å². The molecule has 2 fully saturated rings. The molecule has 2 aliphatic rings. The molecule has 0 heterocycles. The van der Waals surface area contributed by atoms with Gasteiger partial charge in [-0.15, -0.1) is 12.4 Å². The predicted octanol–water partition coefficient (Wildman–Crippen LogP) is 3.30. The summed E-state index contributed by atoms with van der Waals surface area (Å²) >= 11 is 0. The summed E-state index contributed by atoms with van der Waals surface area (Å²) in [5, 5.41) is 3.24. The van der Waals surface area contributed by atoms with Gasteiger partial charge in [0.2, 0.25) is 11.8 Å². The van der Waals surface area contributed by atoms with Gasteiger partial charge >= 0.3 is 0 Å². The van der Waals surface area contributed by atoms with E-state index in [1.54, 1.807) is 0 Å². The zero-order valence-corrected chi connectivity index (χ0v) is 18.2. The second kappa shape index (κ2) is 12.2. The lowest BCUT2D eigenvalue weighted by Crippen LogP contribution is -2.45. The third-order valence-electron chi connectivity index (χ3n) is 6.37. The number of benzene rings is 1. The molecule has 162 valence electrons. The van der Waals surface area contributed by atoms with Crippen LogP contribution in [0.1, 0.15) is 56.9 Å². The highest BCUT2D eigenvalue weighted by atomic mass is 35.5. The van der Waals surface area contributed by atoms with Gasteiger partial charge in [0.25, 0.3) is 0 Å². The Hall–Kier alpha value is -1.59. The van der Waals surface area contributed by atoms with Crippen LogP contribution in [0.3, 0.4) is 0 Å². The average Bonchev–Trinajstić information content (AvgIpc) is 3.27. The number of hydrogen-bond acceptors (Lipinski definition) is 3. The normalized spacial score (nSPS) is 22.0. The first-order valence-corrected chi connectivity index (χ1v) is 11.0. The highest BCUT2D eigenvalue weighted by Crippen LogP contribution is 2.28. The van der Waals surface area contributed by atoms with Crippen LogP contribution in [0.4, 0.5) is 0 Å². The maximum absolute atomic E-state index is 13.0. The molecule has 3 N–H and O–H groups in total. The molecule has 0 spiro atoms. The van der Waals surface area contributed by atoms with Gasteiger partial charge in [0, 0.05) is 37.5 Å². The molecule has 2 amide bonds. The van der Waals surface area contributed by atoms with Gasteiger partial charge in [0.05, 0.1) is 0 Å².